The van der Waals surface area contributed by atoms with Crippen molar-refractivity contribution in [3.63, 3.8) is 0 Å². The fourth-order valence-electron chi connectivity index (χ4n) is 2.46. The van der Waals surface area contributed by atoms with Crippen LogP contribution in [0.4, 0.5) is 0 Å². The van der Waals surface area contributed by atoms with Gasteiger partial charge in [-0.15, -0.1) is 24.0 Å². The fraction of sp³-hybridized carbons (Fsp3) is 0.300. The van der Waals surface area contributed by atoms with Gasteiger partial charge in [-0.2, -0.15) is 0 Å². The van der Waals surface area contributed by atoms with E-state index in [4.69, 9.17) is 11.6 Å². The van der Waals surface area contributed by atoms with E-state index < -0.39 is 0 Å². The number of rotatable bonds is 8. The Balaban J connectivity index is 0.00000364. The number of aliphatic imine (C=N–C) groups is 1. The predicted octanol–water partition coefficient (Wildman–Crippen LogP) is 3.02. The predicted molar refractivity (Wildman–Crippen MR) is 123 cm³/mol. The highest BCUT2D eigenvalue weighted by molar-refractivity contribution is 14.0. The summed E-state index contributed by atoms with van der Waals surface area (Å²) in [5.41, 5.74) is 2.36. The Bertz CT molecular complexity index is 725. The van der Waals surface area contributed by atoms with Crippen molar-refractivity contribution in [3.05, 3.63) is 70.7 Å². The topological polar surface area (TPSA) is 65.5 Å². The van der Waals surface area contributed by atoms with Crippen LogP contribution in [0.1, 0.15) is 11.1 Å². The summed E-state index contributed by atoms with van der Waals surface area (Å²) in [4.78, 5) is 16.0. The lowest BCUT2D eigenvalue weighted by atomic mass is 10.1. The zero-order valence-corrected chi connectivity index (χ0v) is 18.5. The number of guanidine groups is 1. The summed E-state index contributed by atoms with van der Waals surface area (Å²) in [6.07, 6.45) is 1.64. The van der Waals surface area contributed by atoms with Gasteiger partial charge in [0.15, 0.2) is 5.96 Å². The van der Waals surface area contributed by atoms with Crippen molar-refractivity contribution >= 4 is 47.4 Å². The molecule has 0 heterocycles. The molecule has 2 rings (SSSR count). The summed E-state index contributed by atoms with van der Waals surface area (Å²) in [7, 11) is 1.68. The lowest BCUT2D eigenvalue weighted by molar-refractivity contribution is -0.119. The van der Waals surface area contributed by atoms with Crippen molar-refractivity contribution in [2.75, 3.05) is 26.7 Å². The Hall–Kier alpha value is -1.80. The molecule has 7 heteroatoms. The molecule has 0 aliphatic carbocycles. The molecule has 0 saturated carbocycles. The SMILES string of the molecule is CN=C(NCCc1cccc(Cl)c1)NCC(=O)NCCc1ccccc1.I. The molecule has 2 aromatic carbocycles. The Morgan fingerprint density at radius 3 is 2.30 bits per heavy atom. The van der Waals surface area contributed by atoms with E-state index in [-0.39, 0.29) is 36.4 Å². The van der Waals surface area contributed by atoms with E-state index in [2.05, 4.69) is 33.1 Å². The molecule has 0 spiro atoms. The Morgan fingerprint density at radius 2 is 1.59 bits per heavy atom. The number of nitrogens with zero attached hydrogens (tertiary/aromatic N) is 1. The van der Waals surface area contributed by atoms with Gasteiger partial charge in [-0.3, -0.25) is 9.79 Å². The van der Waals surface area contributed by atoms with E-state index in [1.54, 1.807) is 7.05 Å². The minimum Gasteiger partial charge on any atom is -0.356 e. The third kappa shape index (κ3) is 9.63. The number of hydrogen-bond donors (Lipinski definition) is 3. The van der Waals surface area contributed by atoms with Gasteiger partial charge < -0.3 is 16.0 Å². The minimum absolute atomic E-state index is 0. The van der Waals surface area contributed by atoms with Crippen LogP contribution in [-0.4, -0.2) is 38.5 Å². The second-order valence-corrected chi connectivity index (χ2v) is 6.25. The van der Waals surface area contributed by atoms with Gasteiger partial charge >= 0.3 is 0 Å². The molecule has 0 fully saturated rings. The molecule has 0 atom stereocenters. The van der Waals surface area contributed by atoms with Crippen LogP contribution < -0.4 is 16.0 Å². The van der Waals surface area contributed by atoms with Crippen LogP contribution >= 0.6 is 35.6 Å². The molecular weight excluding hydrogens is 475 g/mol. The number of carbonyl (C=O) groups excluding carboxylic acids is 1. The van der Waals surface area contributed by atoms with Crippen LogP contribution in [0.25, 0.3) is 0 Å². The van der Waals surface area contributed by atoms with Gasteiger partial charge in [0.25, 0.3) is 0 Å². The van der Waals surface area contributed by atoms with Crippen molar-refractivity contribution in [3.8, 4) is 0 Å². The van der Waals surface area contributed by atoms with Crippen molar-refractivity contribution in [2.24, 2.45) is 4.99 Å². The molecule has 2 aromatic rings. The molecule has 1 amide bonds. The van der Waals surface area contributed by atoms with Gasteiger partial charge in [-0.05, 0) is 36.1 Å². The molecule has 27 heavy (non-hydrogen) atoms. The van der Waals surface area contributed by atoms with Crippen LogP contribution in [0.3, 0.4) is 0 Å². The molecule has 5 nitrogen and oxygen atoms in total. The number of benzene rings is 2. The van der Waals surface area contributed by atoms with E-state index >= 15 is 0 Å². The number of halogens is 2. The summed E-state index contributed by atoms with van der Waals surface area (Å²) >= 11 is 5.98. The minimum atomic E-state index is -0.0567. The Morgan fingerprint density at radius 1 is 0.926 bits per heavy atom. The largest absolute Gasteiger partial charge is 0.356 e. The average molecular weight is 501 g/mol. The van der Waals surface area contributed by atoms with Crippen LogP contribution in [0, 0.1) is 0 Å². The van der Waals surface area contributed by atoms with Gasteiger partial charge in [0, 0.05) is 25.2 Å². The first-order valence-corrected chi connectivity index (χ1v) is 9.05. The summed E-state index contributed by atoms with van der Waals surface area (Å²) < 4.78 is 0. The Kier molecular flexibility index (Phi) is 11.5. The molecular formula is C20H26ClIN4O. The summed E-state index contributed by atoms with van der Waals surface area (Å²) in [5.74, 6) is 0.545. The lowest BCUT2D eigenvalue weighted by Crippen LogP contribution is -2.44. The molecule has 0 saturated heterocycles. The van der Waals surface area contributed by atoms with Gasteiger partial charge in [0.2, 0.25) is 5.91 Å². The van der Waals surface area contributed by atoms with Crippen LogP contribution in [-0.2, 0) is 17.6 Å². The molecule has 0 aliphatic heterocycles. The van der Waals surface area contributed by atoms with Gasteiger partial charge in [0.05, 0.1) is 6.54 Å². The van der Waals surface area contributed by atoms with Gasteiger partial charge in [0.1, 0.15) is 0 Å². The van der Waals surface area contributed by atoms with E-state index in [1.165, 1.54) is 5.56 Å². The zero-order valence-electron chi connectivity index (χ0n) is 15.4. The first-order chi connectivity index (χ1) is 12.7. The average Bonchev–Trinajstić information content (AvgIpc) is 2.65. The maximum Gasteiger partial charge on any atom is 0.239 e. The normalized spacial score (nSPS) is 10.7. The number of amides is 1. The van der Waals surface area contributed by atoms with Gasteiger partial charge in [-0.25, -0.2) is 0 Å². The molecule has 0 aromatic heterocycles. The van der Waals surface area contributed by atoms with Crippen molar-refractivity contribution in [2.45, 2.75) is 12.8 Å². The van der Waals surface area contributed by atoms with Crippen molar-refractivity contribution in [1.82, 2.24) is 16.0 Å². The zero-order chi connectivity index (χ0) is 18.6. The first kappa shape index (κ1) is 23.2. The molecule has 0 unspecified atom stereocenters. The maximum absolute atomic E-state index is 11.9. The standard InChI is InChI=1S/C20H25ClN4O.HI/c1-22-20(24-13-11-17-8-5-9-18(21)14-17)25-15-19(26)23-12-10-16-6-3-2-4-7-16;/h2-9,14H,10-13,15H2,1H3,(H,23,26)(H2,22,24,25);1H. The highest BCUT2D eigenvalue weighted by atomic mass is 127. The lowest BCUT2D eigenvalue weighted by Gasteiger charge is -2.12. The van der Waals surface area contributed by atoms with E-state index in [1.807, 2.05) is 42.5 Å². The maximum atomic E-state index is 11.9. The smallest absolute Gasteiger partial charge is 0.239 e. The number of nitrogens with one attached hydrogen (secondary N) is 3. The first-order valence-electron chi connectivity index (χ1n) is 8.67. The summed E-state index contributed by atoms with van der Waals surface area (Å²) in [6, 6.07) is 17.8. The molecule has 0 aliphatic rings. The highest BCUT2D eigenvalue weighted by Gasteiger charge is 2.03. The molecule has 146 valence electrons. The molecule has 3 N–H and O–H groups in total. The van der Waals surface area contributed by atoms with Gasteiger partial charge in [-0.1, -0.05) is 54.1 Å². The third-order valence-electron chi connectivity index (χ3n) is 3.81. The summed E-state index contributed by atoms with van der Waals surface area (Å²) in [5, 5.41) is 9.84. The fourth-order valence-corrected chi connectivity index (χ4v) is 2.67. The third-order valence-corrected chi connectivity index (χ3v) is 4.05. The van der Waals surface area contributed by atoms with E-state index in [9.17, 15) is 4.79 Å². The quantitative estimate of drug-likeness (QED) is 0.297. The molecule has 0 bridgehead atoms. The second-order valence-electron chi connectivity index (χ2n) is 5.82. The highest BCUT2D eigenvalue weighted by Crippen LogP contribution is 2.10. The Labute approximate surface area is 183 Å². The summed E-state index contributed by atoms with van der Waals surface area (Å²) in [6.45, 7) is 1.51. The van der Waals surface area contributed by atoms with Crippen molar-refractivity contribution < 1.29 is 4.79 Å². The molecule has 0 radical (unpaired) electrons. The van der Waals surface area contributed by atoms with E-state index in [0.29, 0.717) is 19.0 Å². The number of hydrogen-bond acceptors (Lipinski definition) is 2. The number of carbonyl (C=O) groups is 1. The van der Waals surface area contributed by atoms with Crippen LogP contribution in [0.5, 0.6) is 0 Å². The second kappa shape index (κ2) is 13.4. The van der Waals surface area contributed by atoms with Crippen molar-refractivity contribution in [1.29, 1.82) is 0 Å². The van der Waals surface area contributed by atoms with Crippen LogP contribution in [0.2, 0.25) is 5.02 Å². The van der Waals surface area contributed by atoms with E-state index in [0.717, 1.165) is 23.4 Å². The van der Waals surface area contributed by atoms with Crippen LogP contribution in [0.15, 0.2) is 59.6 Å². The monoisotopic (exact) mass is 500 g/mol.